The first-order valence-corrected chi connectivity index (χ1v) is 4.66. The molecule has 15 heavy (non-hydrogen) atoms. The van der Waals surface area contributed by atoms with Crippen molar-refractivity contribution in [3.8, 4) is 6.57 Å². The molecule has 0 atom stereocenters. The fraction of sp³-hybridized carbons (Fsp3) is 0. The molecular formula is C13H10N2. The highest BCUT2D eigenvalue weighted by molar-refractivity contribution is 6.06. The van der Waals surface area contributed by atoms with Gasteiger partial charge in [-0.05, 0) is 12.1 Å². The average molecular weight is 194 g/mol. The summed E-state index contributed by atoms with van der Waals surface area (Å²) in [4.78, 5) is 3.38. The van der Waals surface area contributed by atoms with Crippen molar-refractivity contribution in [3.05, 3.63) is 48.5 Å². The second kappa shape index (κ2) is 3.85. The molecule has 0 amide bonds. The number of H-pyrrole nitrogens is 1. The normalized spacial score (nSPS) is 9.73. The highest BCUT2D eigenvalue weighted by atomic mass is 14.7. The van der Waals surface area contributed by atoms with Crippen LogP contribution in [0.5, 0.6) is 0 Å². The van der Waals surface area contributed by atoms with Crippen LogP contribution in [0, 0.1) is 11.8 Å². The van der Waals surface area contributed by atoms with Gasteiger partial charge in [0.15, 0.2) is 0 Å². The topological polar surface area (TPSA) is 39.6 Å². The first kappa shape index (κ1) is 9.29. The highest BCUT2D eigenvalue weighted by Gasteiger charge is 2.00. The van der Waals surface area contributed by atoms with Gasteiger partial charge in [0.05, 0.1) is 0 Å². The number of aromatic amines is 1. The Morgan fingerprint density at radius 3 is 1.60 bits per heavy atom. The van der Waals surface area contributed by atoms with Gasteiger partial charge in [-0.1, -0.05) is 36.4 Å². The van der Waals surface area contributed by atoms with Gasteiger partial charge in [0, 0.05) is 28.4 Å². The molecule has 72 valence electrons. The number of para-hydroxylation sites is 2. The molecule has 1 heterocycles. The number of fused-ring (bicyclic) bond motifs is 3. The van der Waals surface area contributed by atoms with Crippen LogP contribution in [0.25, 0.3) is 21.8 Å². The Balaban J connectivity index is 0.000000404. The van der Waals surface area contributed by atoms with E-state index in [4.69, 9.17) is 5.26 Å². The Morgan fingerprint density at radius 2 is 1.13 bits per heavy atom. The molecule has 0 spiro atoms. The van der Waals surface area contributed by atoms with Crippen LogP contribution in [0.4, 0.5) is 0 Å². The molecule has 0 radical (unpaired) electrons. The maximum atomic E-state index is 6.50. The van der Waals surface area contributed by atoms with Crippen molar-refractivity contribution in [2.24, 2.45) is 0 Å². The molecular weight excluding hydrogens is 184 g/mol. The minimum atomic E-state index is 1.21. The third kappa shape index (κ3) is 1.44. The summed E-state index contributed by atoms with van der Waals surface area (Å²) < 4.78 is 0. The number of hydrogen-bond acceptors (Lipinski definition) is 1. The number of hydrogen-bond donors (Lipinski definition) is 1. The molecule has 0 bridgehead atoms. The lowest BCUT2D eigenvalue weighted by Gasteiger charge is -1.87. The lowest BCUT2D eigenvalue weighted by molar-refractivity contribution is 1.55. The molecule has 1 aromatic heterocycles. The first-order valence-electron chi connectivity index (χ1n) is 4.66. The number of nitrogens with one attached hydrogen (secondary N) is 1. The van der Waals surface area contributed by atoms with Crippen molar-refractivity contribution in [2.75, 3.05) is 0 Å². The number of benzene rings is 2. The lowest BCUT2D eigenvalue weighted by atomic mass is 10.2. The summed E-state index contributed by atoms with van der Waals surface area (Å²) in [5, 5.41) is 9.11. The Hall–Kier alpha value is -2.27. The van der Waals surface area contributed by atoms with Crippen LogP contribution < -0.4 is 0 Å². The van der Waals surface area contributed by atoms with Crippen molar-refractivity contribution < 1.29 is 0 Å². The van der Waals surface area contributed by atoms with Gasteiger partial charge in [-0.2, -0.15) is 0 Å². The number of nitriles is 1. The van der Waals surface area contributed by atoms with Crippen molar-refractivity contribution in [3.63, 3.8) is 0 Å². The third-order valence-corrected chi connectivity index (χ3v) is 2.41. The van der Waals surface area contributed by atoms with Crippen LogP contribution >= 0.6 is 0 Å². The first-order chi connectivity index (χ1) is 7.45. The molecule has 0 aliphatic heterocycles. The molecule has 2 aromatic carbocycles. The van der Waals surface area contributed by atoms with Gasteiger partial charge in [-0.15, -0.1) is 0 Å². The largest absolute Gasteiger partial charge is 0.355 e. The van der Waals surface area contributed by atoms with Crippen LogP contribution in [0.2, 0.25) is 0 Å². The van der Waals surface area contributed by atoms with E-state index in [-0.39, 0.29) is 0 Å². The van der Waals surface area contributed by atoms with E-state index in [0.717, 1.165) is 0 Å². The van der Waals surface area contributed by atoms with E-state index >= 15 is 0 Å². The number of rotatable bonds is 0. The summed E-state index contributed by atoms with van der Waals surface area (Å²) in [6.45, 7) is 3.50. The van der Waals surface area contributed by atoms with E-state index in [1.165, 1.54) is 21.8 Å². The summed E-state index contributed by atoms with van der Waals surface area (Å²) >= 11 is 0. The number of aromatic nitrogens is 1. The van der Waals surface area contributed by atoms with Crippen molar-refractivity contribution in [2.45, 2.75) is 0 Å². The van der Waals surface area contributed by atoms with E-state index in [9.17, 15) is 0 Å². The Morgan fingerprint density at radius 1 is 0.733 bits per heavy atom. The second-order valence-electron chi connectivity index (χ2n) is 3.22. The zero-order valence-corrected chi connectivity index (χ0v) is 8.14. The van der Waals surface area contributed by atoms with Gasteiger partial charge in [0.2, 0.25) is 0 Å². The monoisotopic (exact) mass is 194 g/mol. The fourth-order valence-corrected chi connectivity index (χ4v) is 1.80. The molecule has 3 rings (SSSR count). The molecule has 0 fully saturated rings. The standard InChI is InChI=1S/C12H9N.CHN/c1-3-7-11-9(5-1)10-6-2-4-8-12(10)13-11;1-2/h1-8,13H;1H. The average Bonchev–Trinajstić information content (AvgIpc) is 2.70. The molecule has 3 aromatic rings. The van der Waals surface area contributed by atoms with E-state index in [2.05, 4.69) is 60.1 Å². The van der Waals surface area contributed by atoms with Crippen molar-refractivity contribution in [1.29, 1.82) is 5.26 Å². The molecule has 2 heteroatoms. The minimum absolute atomic E-state index is 1.21. The van der Waals surface area contributed by atoms with Gasteiger partial charge >= 0.3 is 0 Å². The third-order valence-electron chi connectivity index (χ3n) is 2.41. The second-order valence-corrected chi connectivity index (χ2v) is 3.22. The summed E-state index contributed by atoms with van der Waals surface area (Å²) in [7, 11) is 0. The molecule has 0 unspecified atom stereocenters. The zero-order valence-electron chi connectivity index (χ0n) is 8.14. The Labute approximate surface area is 87.8 Å². The van der Waals surface area contributed by atoms with Crippen LogP contribution in [-0.4, -0.2) is 4.98 Å². The van der Waals surface area contributed by atoms with Crippen LogP contribution in [-0.2, 0) is 0 Å². The van der Waals surface area contributed by atoms with E-state index in [1.54, 1.807) is 0 Å². The molecule has 2 nitrogen and oxygen atoms in total. The smallest absolute Gasteiger partial charge is 0.0464 e. The van der Waals surface area contributed by atoms with Crippen LogP contribution in [0.15, 0.2) is 48.5 Å². The summed E-state index contributed by atoms with van der Waals surface area (Å²) in [6, 6.07) is 16.8. The Kier molecular flexibility index (Phi) is 2.38. The van der Waals surface area contributed by atoms with E-state index in [1.807, 2.05) is 0 Å². The number of nitrogens with zero attached hydrogens (tertiary/aromatic N) is 1. The summed E-state index contributed by atoms with van der Waals surface area (Å²) in [5.74, 6) is 0. The maximum Gasteiger partial charge on any atom is 0.0464 e. The quantitative estimate of drug-likeness (QED) is 0.584. The molecule has 0 aliphatic carbocycles. The minimum Gasteiger partial charge on any atom is -0.355 e. The van der Waals surface area contributed by atoms with Crippen molar-refractivity contribution >= 4 is 21.8 Å². The van der Waals surface area contributed by atoms with Crippen LogP contribution in [0.1, 0.15) is 0 Å². The van der Waals surface area contributed by atoms with Gasteiger partial charge in [0.1, 0.15) is 0 Å². The predicted octanol–water partition coefficient (Wildman–Crippen LogP) is 3.46. The van der Waals surface area contributed by atoms with Gasteiger partial charge in [-0.3, -0.25) is 0 Å². The van der Waals surface area contributed by atoms with Gasteiger partial charge < -0.3 is 4.98 Å². The Bertz CT molecular complexity index is 555. The van der Waals surface area contributed by atoms with E-state index in [0.29, 0.717) is 0 Å². The van der Waals surface area contributed by atoms with Gasteiger partial charge in [-0.25, -0.2) is 5.26 Å². The summed E-state index contributed by atoms with van der Waals surface area (Å²) in [5.41, 5.74) is 2.42. The summed E-state index contributed by atoms with van der Waals surface area (Å²) in [6.07, 6.45) is 0. The lowest BCUT2D eigenvalue weighted by Crippen LogP contribution is -1.62. The molecule has 0 saturated carbocycles. The van der Waals surface area contributed by atoms with Crippen LogP contribution in [0.3, 0.4) is 0 Å². The van der Waals surface area contributed by atoms with Crippen molar-refractivity contribution in [1.82, 2.24) is 4.98 Å². The molecule has 0 aliphatic rings. The molecule has 1 N–H and O–H groups in total. The fourth-order valence-electron chi connectivity index (χ4n) is 1.80. The predicted molar refractivity (Wildman–Crippen MR) is 62.5 cm³/mol. The highest BCUT2D eigenvalue weighted by Crippen LogP contribution is 2.24. The SMILES string of the molecule is C#N.c1ccc2c(c1)[nH]c1ccccc12. The van der Waals surface area contributed by atoms with Gasteiger partial charge in [0.25, 0.3) is 0 Å². The van der Waals surface area contributed by atoms with E-state index < -0.39 is 0 Å². The molecule has 0 saturated heterocycles. The zero-order chi connectivity index (χ0) is 10.7. The maximum absolute atomic E-state index is 6.50.